The highest BCUT2D eigenvalue weighted by atomic mass is 19.1. The topological polar surface area (TPSA) is 12.0 Å². The fraction of sp³-hybridized carbons (Fsp3) is 0.368. The van der Waals surface area contributed by atoms with Crippen LogP contribution < -0.4 is 5.32 Å². The van der Waals surface area contributed by atoms with E-state index in [0.717, 1.165) is 17.7 Å². The quantitative estimate of drug-likeness (QED) is 0.723. The Morgan fingerprint density at radius 2 is 1.81 bits per heavy atom. The zero-order valence-corrected chi connectivity index (χ0v) is 13.1. The van der Waals surface area contributed by atoms with E-state index < -0.39 is 0 Å². The van der Waals surface area contributed by atoms with Crippen molar-refractivity contribution in [2.75, 3.05) is 5.32 Å². The van der Waals surface area contributed by atoms with Gasteiger partial charge in [-0.3, -0.25) is 0 Å². The second-order valence-corrected chi connectivity index (χ2v) is 5.68. The summed E-state index contributed by atoms with van der Waals surface area (Å²) in [4.78, 5) is 0. The van der Waals surface area contributed by atoms with Crippen LogP contribution in [0.25, 0.3) is 0 Å². The maximum Gasteiger partial charge on any atom is 0.126 e. The molecule has 2 heteroatoms. The number of anilines is 1. The first-order chi connectivity index (χ1) is 10.1. The predicted molar refractivity (Wildman–Crippen MR) is 88.2 cm³/mol. The molecule has 0 spiro atoms. The van der Waals surface area contributed by atoms with Gasteiger partial charge in [-0.1, -0.05) is 37.6 Å². The lowest BCUT2D eigenvalue weighted by Gasteiger charge is -2.16. The van der Waals surface area contributed by atoms with Gasteiger partial charge in [0.1, 0.15) is 5.82 Å². The summed E-state index contributed by atoms with van der Waals surface area (Å²) in [5.74, 6) is -0.143. The third-order valence-corrected chi connectivity index (χ3v) is 3.85. The lowest BCUT2D eigenvalue weighted by molar-refractivity contribution is 0.614. The molecule has 1 N–H and O–H groups in total. The molecule has 2 aromatic carbocycles. The summed E-state index contributed by atoms with van der Waals surface area (Å²) in [6, 6.07) is 14.0. The molecule has 1 unspecified atom stereocenters. The Bertz CT molecular complexity index is 575. The van der Waals surface area contributed by atoms with Gasteiger partial charge in [0.05, 0.1) is 0 Å². The fourth-order valence-electron chi connectivity index (χ4n) is 2.36. The molecule has 1 atom stereocenters. The fourth-order valence-corrected chi connectivity index (χ4v) is 2.36. The summed E-state index contributed by atoms with van der Waals surface area (Å²) in [7, 11) is 0. The molecule has 1 nitrogen and oxygen atoms in total. The molecular weight excluding hydrogens is 261 g/mol. The molecule has 0 saturated heterocycles. The van der Waals surface area contributed by atoms with Crippen molar-refractivity contribution in [3.8, 4) is 0 Å². The van der Waals surface area contributed by atoms with Gasteiger partial charge >= 0.3 is 0 Å². The molecule has 112 valence electrons. The number of benzene rings is 2. The van der Waals surface area contributed by atoms with Gasteiger partial charge in [0, 0.05) is 11.7 Å². The van der Waals surface area contributed by atoms with Crippen LogP contribution in [0.4, 0.5) is 10.1 Å². The zero-order chi connectivity index (χ0) is 15.2. The van der Waals surface area contributed by atoms with Gasteiger partial charge in [-0.05, 0) is 61.6 Å². The van der Waals surface area contributed by atoms with Crippen molar-refractivity contribution in [2.24, 2.45) is 0 Å². The maximum atomic E-state index is 13.6. The molecule has 0 aliphatic heterocycles. The predicted octanol–water partition coefficient (Wildman–Crippen LogP) is 5.65. The van der Waals surface area contributed by atoms with Crippen LogP contribution in [-0.2, 0) is 6.42 Å². The van der Waals surface area contributed by atoms with Gasteiger partial charge in [-0.25, -0.2) is 4.39 Å². The van der Waals surface area contributed by atoms with Crippen LogP contribution in [0.3, 0.4) is 0 Å². The molecule has 0 aliphatic rings. The highest BCUT2D eigenvalue weighted by Gasteiger charge is 2.07. The maximum absolute atomic E-state index is 13.6. The third-order valence-electron chi connectivity index (χ3n) is 3.85. The molecule has 0 radical (unpaired) electrons. The number of aryl methyl sites for hydroxylation is 2. The molecule has 0 bridgehead atoms. The average Bonchev–Trinajstić information content (AvgIpc) is 2.49. The molecular formula is C19H24FN. The summed E-state index contributed by atoms with van der Waals surface area (Å²) >= 11 is 0. The largest absolute Gasteiger partial charge is 0.379 e. The van der Waals surface area contributed by atoms with Crippen molar-refractivity contribution in [1.82, 2.24) is 0 Å². The van der Waals surface area contributed by atoms with Crippen molar-refractivity contribution in [3.05, 3.63) is 65.0 Å². The minimum atomic E-state index is -0.143. The van der Waals surface area contributed by atoms with E-state index in [-0.39, 0.29) is 11.9 Å². The van der Waals surface area contributed by atoms with Crippen LogP contribution in [-0.4, -0.2) is 0 Å². The first kappa shape index (κ1) is 15.6. The van der Waals surface area contributed by atoms with Gasteiger partial charge in [-0.2, -0.15) is 0 Å². The van der Waals surface area contributed by atoms with E-state index in [4.69, 9.17) is 0 Å². The Morgan fingerprint density at radius 3 is 2.43 bits per heavy atom. The number of hydrogen-bond donors (Lipinski definition) is 1. The highest BCUT2D eigenvalue weighted by Crippen LogP contribution is 2.21. The normalized spacial score (nSPS) is 12.2. The van der Waals surface area contributed by atoms with Crippen molar-refractivity contribution in [1.29, 1.82) is 0 Å². The van der Waals surface area contributed by atoms with E-state index in [1.165, 1.54) is 18.4 Å². The van der Waals surface area contributed by atoms with E-state index >= 15 is 0 Å². The van der Waals surface area contributed by atoms with Gasteiger partial charge in [-0.15, -0.1) is 0 Å². The van der Waals surface area contributed by atoms with Crippen molar-refractivity contribution < 1.29 is 4.39 Å². The Balaban J connectivity index is 2.01. The summed E-state index contributed by atoms with van der Waals surface area (Å²) in [5.41, 5.74) is 4.10. The smallest absolute Gasteiger partial charge is 0.126 e. The summed E-state index contributed by atoms with van der Waals surface area (Å²) in [6.45, 7) is 6.04. The SMILES string of the molecule is CCCCc1ccc(NC(C)c2ccc(C)c(F)c2)cc1. The van der Waals surface area contributed by atoms with Gasteiger partial charge in [0.2, 0.25) is 0 Å². The highest BCUT2D eigenvalue weighted by molar-refractivity contribution is 5.47. The van der Waals surface area contributed by atoms with Crippen molar-refractivity contribution in [2.45, 2.75) is 46.1 Å². The summed E-state index contributed by atoms with van der Waals surface area (Å²) < 4.78 is 13.6. The molecule has 0 aliphatic carbocycles. The Morgan fingerprint density at radius 1 is 1.10 bits per heavy atom. The molecule has 0 saturated carbocycles. The van der Waals surface area contributed by atoms with Gasteiger partial charge in [0.25, 0.3) is 0 Å². The molecule has 0 aromatic heterocycles. The van der Waals surface area contributed by atoms with Crippen molar-refractivity contribution >= 4 is 5.69 Å². The number of halogens is 1. The van der Waals surface area contributed by atoms with Crippen molar-refractivity contribution in [3.63, 3.8) is 0 Å². The summed E-state index contributed by atoms with van der Waals surface area (Å²) in [6.07, 6.45) is 3.58. The van der Waals surface area contributed by atoms with Gasteiger partial charge < -0.3 is 5.32 Å². The minimum absolute atomic E-state index is 0.0848. The Kier molecular flexibility index (Phi) is 5.38. The van der Waals surface area contributed by atoms with Crippen LogP contribution in [0.1, 0.15) is 49.4 Å². The number of nitrogens with one attached hydrogen (secondary N) is 1. The van der Waals surface area contributed by atoms with Gasteiger partial charge in [0.15, 0.2) is 0 Å². The second kappa shape index (κ2) is 7.26. The van der Waals surface area contributed by atoms with Crippen LogP contribution in [0.2, 0.25) is 0 Å². The van der Waals surface area contributed by atoms with E-state index in [1.807, 2.05) is 12.1 Å². The lowest BCUT2D eigenvalue weighted by Crippen LogP contribution is -2.07. The first-order valence-electron chi connectivity index (χ1n) is 7.71. The molecule has 0 amide bonds. The van der Waals surface area contributed by atoms with E-state index in [2.05, 4.69) is 43.4 Å². The molecule has 2 rings (SSSR count). The van der Waals surface area contributed by atoms with Crippen LogP contribution in [0.15, 0.2) is 42.5 Å². The van der Waals surface area contributed by atoms with E-state index in [9.17, 15) is 4.39 Å². The summed E-state index contributed by atoms with van der Waals surface area (Å²) in [5, 5.41) is 3.42. The van der Waals surface area contributed by atoms with E-state index in [1.54, 1.807) is 13.0 Å². The second-order valence-electron chi connectivity index (χ2n) is 5.68. The molecule has 2 aromatic rings. The van der Waals surface area contributed by atoms with Crippen LogP contribution >= 0.6 is 0 Å². The van der Waals surface area contributed by atoms with Crippen LogP contribution in [0.5, 0.6) is 0 Å². The number of hydrogen-bond acceptors (Lipinski definition) is 1. The lowest BCUT2D eigenvalue weighted by atomic mass is 10.0. The van der Waals surface area contributed by atoms with E-state index in [0.29, 0.717) is 5.56 Å². The Labute approximate surface area is 127 Å². The van der Waals surface area contributed by atoms with Crippen LogP contribution in [0, 0.1) is 12.7 Å². The zero-order valence-electron chi connectivity index (χ0n) is 13.1. The number of rotatable bonds is 6. The minimum Gasteiger partial charge on any atom is -0.379 e. The third kappa shape index (κ3) is 4.32. The monoisotopic (exact) mass is 285 g/mol. The average molecular weight is 285 g/mol. The molecule has 0 heterocycles. The standard InChI is InChI=1S/C19H24FN/c1-4-5-6-16-8-11-18(12-9-16)21-15(3)17-10-7-14(2)19(20)13-17/h7-13,15,21H,4-6H2,1-3H3. The Hall–Kier alpha value is -1.83. The molecule has 0 fully saturated rings. The first-order valence-corrected chi connectivity index (χ1v) is 7.71. The number of unbranched alkanes of at least 4 members (excludes halogenated alkanes) is 1. The molecule has 21 heavy (non-hydrogen) atoms.